The van der Waals surface area contributed by atoms with E-state index < -0.39 is 28.6 Å². The fraction of sp³-hybridized carbons (Fsp3) is 0.550. The maximum atomic E-state index is 14.3. The number of hydrogen-bond donors (Lipinski definition) is 2. The topological polar surface area (TPSA) is 78.5 Å². The lowest BCUT2D eigenvalue weighted by atomic mass is 9.85. The molecule has 3 fully saturated rings. The monoisotopic (exact) mass is 409 g/mol. The van der Waals surface area contributed by atoms with Crippen LogP contribution in [-0.4, -0.2) is 48.7 Å². The average Bonchev–Trinajstić information content (AvgIpc) is 3.58. The van der Waals surface area contributed by atoms with Crippen LogP contribution in [0.2, 0.25) is 0 Å². The molecule has 156 valence electrons. The van der Waals surface area contributed by atoms with Crippen molar-refractivity contribution in [2.24, 2.45) is 5.41 Å². The van der Waals surface area contributed by atoms with Gasteiger partial charge in [-0.05, 0) is 43.4 Å². The lowest BCUT2D eigenvalue weighted by Crippen LogP contribution is -2.54. The Kier molecular flexibility index (Phi) is 4.59. The molecule has 0 bridgehead atoms. The molecule has 0 radical (unpaired) electrons. The van der Waals surface area contributed by atoms with Crippen LogP contribution < -0.4 is 10.6 Å². The second kappa shape index (κ2) is 6.74. The summed E-state index contributed by atoms with van der Waals surface area (Å²) < 4.78 is 41.5. The number of carbonyl (C=O) groups excluding carboxylic acids is 3. The predicted octanol–water partition coefficient (Wildman–Crippen LogP) is 2.19. The van der Waals surface area contributed by atoms with Gasteiger partial charge in [-0.15, -0.1) is 0 Å². The first-order valence-corrected chi connectivity index (χ1v) is 9.65. The SMILES string of the molecule is O=CNc1ccc(C2(C(NC=O)C(=O)N3CCC4(CC3)CC4(F)F)CC2)cc1F. The van der Waals surface area contributed by atoms with Crippen LogP contribution in [0.5, 0.6) is 0 Å². The fourth-order valence-electron chi connectivity index (χ4n) is 4.68. The van der Waals surface area contributed by atoms with Crippen LogP contribution >= 0.6 is 0 Å². The predicted molar refractivity (Wildman–Crippen MR) is 97.8 cm³/mol. The van der Waals surface area contributed by atoms with Gasteiger partial charge in [-0.2, -0.15) is 0 Å². The molecule has 1 heterocycles. The van der Waals surface area contributed by atoms with Gasteiger partial charge in [0.2, 0.25) is 18.7 Å². The summed E-state index contributed by atoms with van der Waals surface area (Å²) in [6.45, 7) is 0.441. The van der Waals surface area contributed by atoms with E-state index in [0.717, 1.165) is 0 Å². The van der Waals surface area contributed by atoms with Crippen molar-refractivity contribution >= 4 is 24.4 Å². The van der Waals surface area contributed by atoms with Gasteiger partial charge in [-0.25, -0.2) is 13.2 Å². The van der Waals surface area contributed by atoms with Crippen LogP contribution in [-0.2, 0) is 19.8 Å². The van der Waals surface area contributed by atoms with Gasteiger partial charge in [-0.1, -0.05) is 6.07 Å². The number of nitrogens with zero attached hydrogens (tertiary/aromatic N) is 1. The number of piperidine rings is 1. The molecule has 6 nitrogen and oxygen atoms in total. The molecule has 3 amide bonds. The molecule has 1 atom stereocenters. The number of hydrogen-bond acceptors (Lipinski definition) is 3. The van der Waals surface area contributed by atoms with Gasteiger partial charge in [0.05, 0.1) is 5.69 Å². The van der Waals surface area contributed by atoms with E-state index in [1.165, 1.54) is 17.0 Å². The molecular formula is C20H22F3N3O3. The van der Waals surface area contributed by atoms with Crippen molar-refractivity contribution in [3.63, 3.8) is 0 Å². The first-order valence-electron chi connectivity index (χ1n) is 9.65. The van der Waals surface area contributed by atoms with Gasteiger partial charge in [-0.3, -0.25) is 14.4 Å². The van der Waals surface area contributed by atoms with Gasteiger partial charge in [0, 0.05) is 30.3 Å². The molecule has 1 spiro atoms. The van der Waals surface area contributed by atoms with Crippen molar-refractivity contribution in [2.75, 3.05) is 18.4 Å². The number of nitrogens with one attached hydrogen (secondary N) is 2. The van der Waals surface area contributed by atoms with Crippen LogP contribution in [0.1, 0.15) is 37.7 Å². The average molecular weight is 409 g/mol. The minimum absolute atomic E-state index is 0.0254. The second-order valence-electron chi connectivity index (χ2n) is 8.32. The Morgan fingerprint density at radius 3 is 2.24 bits per heavy atom. The molecule has 2 aliphatic carbocycles. The van der Waals surface area contributed by atoms with E-state index in [0.29, 0.717) is 31.2 Å². The molecule has 1 aromatic carbocycles. The maximum Gasteiger partial charge on any atom is 0.254 e. The van der Waals surface area contributed by atoms with Crippen molar-refractivity contribution in [1.82, 2.24) is 10.2 Å². The van der Waals surface area contributed by atoms with Gasteiger partial charge in [0.25, 0.3) is 5.92 Å². The van der Waals surface area contributed by atoms with Crippen molar-refractivity contribution in [1.29, 1.82) is 0 Å². The van der Waals surface area contributed by atoms with E-state index in [4.69, 9.17) is 0 Å². The first kappa shape index (κ1) is 19.7. The van der Waals surface area contributed by atoms with E-state index in [1.807, 2.05) is 0 Å². The zero-order valence-electron chi connectivity index (χ0n) is 15.7. The van der Waals surface area contributed by atoms with Gasteiger partial charge in [0.1, 0.15) is 11.9 Å². The number of carbonyl (C=O) groups is 3. The number of rotatable bonds is 7. The lowest BCUT2D eigenvalue weighted by molar-refractivity contribution is -0.138. The van der Waals surface area contributed by atoms with Gasteiger partial charge >= 0.3 is 0 Å². The zero-order valence-corrected chi connectivity index (χ0v) is 15.7. The zero-order chi connectivity index (χ0) is 20.9. The minimum Gasteiger partial charge on any atom is -0.346 e. The first-order chi connectivity index (χ1) is 13.8. The van der Waals surface area contributed by atoms with Crippen molar-refractivity contribution in [3.05, 3.63) is 29.6 Å². The fourth-order valence-corrected chi connectivity index (χ4v) is 4.68. The van der Waals surface area contributed by atoms with E-state index in [9.17, 15) is 27.6 Å². The van der Waals surface area contributed by atoms with Crippen LogP contribution in [0.25, 0.3) is 0 Å². The normalized spacial score (nSPS) is 23.8. The van der Waals surface area contributed by atoms with E-state index in [-0.39, 0.29) is 43.9 Å². The Morgan fingerprint density at radius 2 is 1.76 bits per heavy atom. The molecule has 0 aromatic heterocycles. The minimum atomic E-state index is -2.64. The quantitative estimate of drug-likeness (QED) is 0.678. The molecular weight excluding hydrogens is 387 g/mol. The smallest absolute Gasteiger partial charge is 0.254 e. The van der Waals surface area contributed by atoms with E-state index >= 15 is 0 Å². The Balaban J connectivity index is 1.53. The third-order valence-corrected chi connectivity index (χ3v) is 6.82. The van der Waals surface area contributed by atoms with Crippen molar-refractivity contribution < 1.29 is 27.6 Å². The standard InChI is InChI=1S/C20H22F3N3O3/c21-14-9-13(1-2-15(14)24-11-27)19(3-4-19)16(25-12-28)17(29)26-7-5-18(6-8-26)10-20(18,22)23/h1-2,9,11-12,16H,3-8,10H2,(H,24,27)(H,25,28). The number of benzene rings is 1. The highest BCUT2D eigenvalue weighted by atomic mass is 19.3. The van der Waals surface area contributed by atoms with E-state index in [2.05, 4.69) is 10.6 Å². The Hall–Kier alpha value is -2.58. The molecule has 1 aliphatic heterocycles. The summed E-state index contributed by atoms with van der Waals surface area (Å²) in [6, 6.07) is 3.42. The molecule has 1 unspecified atom stereocenters. The maximum absolute atomic E-state index is 14.3. The molecule has 2 saturated carbocycles. The second-order valence-corrected chi connectivity index (χ2v) is 8.32. The summed E-state index contributed by atoms with van der Waals surface area (Å²) >= 11 is 0. The molecule has 4 rings (SSSR count). The van der Waals surface area contributed by atoms with Gasteiger partial charge in [0.15, 0.2) is 0 Å². The van der Waals surface area contributed by atoms with Crippen molar-refractivity contribution in [2.45, 2.75) is 49.5 Å². The number of anilines is 1. The number of halogens is 3. The Morgan fingerprint density at radius 1 is 1.10 bits per heavy atom. The summed E-state index contributed by atoms with van der Waals surface area (Å²) in [5, 5.41) is 4.84. The highest BCUT2D eigenvalue weighted by Crippen LogP contribution is 2.66. The molecule has 1 saturated heterocycles. The van der Waals surface area contributed by atoms with Crippen LogP contribution in [0.3, 0.4) is 0 Å². The molecule has 9 heteroatoms. The van der Waals surface area contributed by atoms with E-state index in [1.54, 1.807) is 6.07 Å². The molecule has 2 N–H and O–H groups in total. The summed E-state index contributed by atoms with van der Waals surface area (Å²) in [5.41, 5.74) is -1.13. The van der Waals surface area contributed by atoms with Crippen molar-refractivity contribution in [3.8, 4) is 0 Å². The number of alkyl halides is 2. The van der Waals surface area contributed by atoms with Crippen LogP contribution in [0.15, 0.2) is 18.2 Å². The Bertz CT molecular complexity index is 849. The highest BCUT2D eigenvalue weighted by Gasteiger charge is 2.71. The third kappa shape index (κ3) is 3.16. The summed E-state index contributed by atoms with van der Waals surface area (Å²) in [7, 11) is 0. The lowest BCUT2D eigenvalue weighted by Gasteiger charge is -2.36. The summed E-state index contributed by atoms with van der Waals surface area (Å²) in [5.74, 6) is -3.60. The summed E-state index contributed by atoms with van der Waals surface area (Å²) in [4.78, 5) is 36.4. The highest BCUT2D eigenvalue weighted by molar-refractivity contribution is 5.87. The summed E-state index contributed by atoms with van der Waals surface area (Å²) in [6.07, 6.45) is 2.35. The third-order valence-electron chi connectivity index (χ3n) is 6.82. The molecule has 3 aliphatic rings. The molecule has 29 heavy (non-hydrogen) atoms. The number of amides is 3. The van der Waals surface area contributed by atoms with Gasteiger partial charge < -0.3 is 15.5 Å². The molecule has 1 aromatic rings. The van der Waals surface area contributed by atoms with Crippen LogP contribution in [0.4, 0.5) is 18.9 Å². The Labute approximate surface area is 165 Å². The number of likely N-dealkylation sites (tertiary alicyclic amines) is 1. The largest absolute Gasteiger partial charge is 0.346 e. The van der Waals surface area contributed by atoms with Crippen LogP contribution in [0, 0.1) is 11.2 Å².